The van der Waals surface area contributed by atoms with E-state index in [2.05, 4.69) is 13.2 Å². The van der Waals surface area contributed by atoms with Crippen LogP contribution in [-0.4, -0.2) is 34.3 Å². The highest BCUT2D eigenvalue weighted by molar-refractivity contribution is 8.04. The Morgan fingerprint density at radius 3 is 2.81 bits per heavy atom. The first kappa shape index (κ1) is 19.6. The molecule has 1 amide bonds. The average Bonchev–Trinajstić information content (AvgIpc) is 2.95. The molecule has 0 aliphatic carbocycles. The molecule has 1 aliphatic heterocycles. The topological polar surface area (TPSA) is 66.8 Å². The first-order chi connectivity index (χ1) is 12.5. The van der Waals surface area contributed by atoms with Crippen molar-refractivity contribution in [1.29, 1.82) is 0 Å². The van der Waals surface area contributed by atoms with Crippen molar-refractivity contribution >= 4 is 29.4 Å². The monoisotopic (exact) mass is 371 g/mol. The number of carbonyl (C=O) groups excluding carboxylic acids is 1. The quantitative estimate of drug-likeness (QED) is 0.420. The van der Waals surface area contributed by atoms with E-state index in [-0.39, 0.29) is 11.5 Å². The fraction of sp³-hybridized carbons (Fsp3) is 0.200. The van der Waals surface area contributed by atoms with Crippen LogP contribution >= 0.6 is 11.8 Å². The van der Waals surface area contributed by atoms with Crippen molar-refractivity contribution in [2.45, 2.75) is 13.3 Å². The number of thioether (sulfide) groups is 1. The van der Waals surface area contributed by atoms with Crippen LogP contribution in [-0.2, 0) is 9.53 Å². The van der Waals surface area contributed by atoms with Gasteiger partial charge in [0.25, 0.3) is 5.91 Å². The molecule has 1 saturated heterocycles. The second-order valence-corrected chi connectivity index (χ2v) is 6.52. The Labute approximate surface area is 157 Å². The molecule has 0 spiro atoms. The zero-order valence-electron chi connectivity index (χ0n) is 14.6. The number of benzene rings is 1. The van der Waals surface area contributed by atoms with Gasteiger partial charge in [-0.05, 0) is 30.7 Å². The number of hydrogen-bond acceptors (Lipinski definition) is 4. The highest BCUT2D eigenvalue weighted by Gasteiger charge is 2.25. The van der Waals surface area contributed by atoms with Crippen LogP contribution in [0.25, 0.3) is 5.76 Å². The number of amides is 1. The van der Waals surface area contributed by atoms with Gasteiger partial charge in [0.15, 0.2) is 0 Å². The molecule has 0 bridgehead atoms. The summed E-state index contributed by atoms with van der Waals surface area (Å²) in [4.78, 5) is 25.6. The number of aromatic carboxylic acids is 1. The molecular weight excluding hydrogens is 350 g/mol. The molecule has 2 rings (SSSR count). The van der Waals surface area contributed by atoms with Crippen molar-refractivity contribution in [3.05, 3.63) is 77.4 Å². The molecule has 136 valence electrons. The molecule has 5 nitrogen and oxygen atoms in total. The Balaban J connectivity index is 2.17. The van der Waals surface area contributed by atoms with E-state index >= 15 is 0 Å². The van der Waals surface area contributed by atoms with Crippen molar-refractivity contribution in [3.8, 4) is 0 Å². The summed E-state index contributed by atoms with van der Waals surface area (Å²) in [6.07, 6.45) is 5.85. The van der Waals surface area contributed by atoms with Crippen LogP contribution in [0.3, 0.4) is 0 Å². The van der Waals surface area contributed by atoms with E-state index in [4.69, 9.17) is 9.84 Å². The van der Waals surface area contributed by atoms with E-state index in [1.54, 1.807) is 35.3 Å². The summed E-state index contributed by atoms with van der Waals surface area (Å²) in [6, 6.07) is 6.51. The van der Waals surface area contributed by atoms with E-state index in [0.717, 1.165) is 0 Å². The van der Waals surface area contributed by atoms with Crippen LogP contribution in [0.1, 0.15) is 29.3 Å². The molecule has 0 radical (unpaired) electrons. The first-order valence-electron chi connectivity index (χ1n) is 8.11. The van der Waals surface area contributed by atoms with Crippen LogP contribution in [0.5, 0.6) is 0 Å². The van der Waals surface area contributed by atoms with Gasteiger partial charge in [0.1, 0.15) is 11.5 Å². The van der Waals surface area contributed by atoms with Gasteiger partial charge in [0, 0.05) is 12.1 Å². The molecule has 1 N–H and O–H groups in total. The standard InChI is InChI=1S/C20H21NO4S/c1-4-7-17(15-8-6-9-16(12-15)20(23)24)25-14(3)11-18-19(22)21(10-5-2)13-26-18/h5-9,11-12H,2-4,10,13H2,1H3,(H,23,24)/b17-7-,18-11+. The molecule has 1 heterocycles. The zero-order valence-corrected chi connectivity index (χ0v) is 15.4. The molecule has 0 atom stereocenters. The lowest BCUT2D eigenvalue weighted by atomic mass is 10.1. The van der Waals surface area contributed by atoms with Crippen LogP contribution in [0, 0.1) is 0 Å². The lowest BCUT2D eigenvalue weighted by molar-refractivity contribution is -0.124. The van der Waals surface area contributed by atoms with Gasteiger partial charge in [-0.25, -0.2) is 4.79 Å². The van der Waals surface area contributed by atoms with Crippen LogP contribution in [0.2, 0.25) is 0 Å². The van der Waals surface area contributed by atoms with Gasteiger partial charge in [-0.15, -0.1) is 6.58 Å². The predicted octanol–water partition coefficient (Wildman–Crippen LogP) is 4.27. The molecule has 0 aromatic heterocycles. The molecule has 1 aromatic carbocycles. The minimum atomic E-state index is -1.00. The third kappa shape index (κ3) is 4.89. The van der Waals surface area contributed by atoms with Crippen molar-refractivity contribution in [2.24, 2.45) is 0 Å². The third-order valence-electron chi connectivity index (χ3n) is 3.54. The number of carbonyl (C=O) groups is 2. The summed E-state index contributed by atoms with van der Waals surface area (Å²) in [5.41, 5.74) is 0.823. The SMILES string of the molecule is C=CCN1CS/C(=C/C(=C)O/C(=C\CC)c2cccc(C(=O)O)c2)C1=O. The Bertz CT molecular complexity index is 795. The Morgan fingerprint density at radius 1 is 1.42 bits per heavy atom. The van der Waals surface area contributed by atoms with Crippen molar-refractivity contribution in [1.82, 2.24) is 4.90 Å². The van der Waals surface area contributed by atoms with Gasteiger partial charge < -0.3 is 14.7 Å². The highest BCUT2D eigenvalue weighted by Crippen LogP contribution is 2.30. The Kier molecular flexibility index (Phi) is 6.86. The first-order valence-corrected chi connectivity index (χ1v) is 9.10. The van der Waals surface area contributed by atoms with E-state index < -0.39 is 5.97 Å². The third-order valence-corrected chi connectivity index (χ3v) is 4.58. The van der Waals surface area contributed by atoms with Crippen molar-refractivity contribution in [3.63, 3.8) is 0 Å². The maximum Gasteiger partial charge on any atom is 0.335 e. The second kappa shape index (κ2) is 9.10. The average molecular weight is 371 g/mol. The van der Waals surface area contributed by atoms with E-state index in [0.29, 0.717) is 40.8 Å². The number of nitrogens with zero attached hydrogens (tertiary/aromatic N) is 1. The van der Waals surface area contributed by atoms with Gasteiger partial charge >= 0.3 is 5.97 Å². The number of hydrogen-bond donors (Lipinski definition) is 1. The number of rotatable bonds is 8. The largest absolute Gasteiger partial charge is 0.478 e. The Hall–Kier alpha value is -2.73. The van der Waals surface area contributed by atoms with E-state index in [9.17, 15) is 9.59 Å². The Morgan fingerprint density at radius 2 is 2.15 bits per heavy atom. The molecular formula is C20H21NO4S. The molecule has 1 aliphatic rings. The summed E-state index contributed by atoms with van der Waals surface area (Å²) < 4.78 is 5.81. The lowest BCUT2D eigenvalue weighted by Gasteiger charge is -2.12. The van der Waals surface area contributed by atoms with E-state index in [1.807, 2.05) is 13.0 Å². The minimum Gasteiger partial charge on any atom is -0.478 e. The van der Waals surface area contributed by atoms with Gasteiger partial charge in [-0.2, -0.15) is 0 Å². The fourth-order valence-electron chi connectivity index (χ4n) is 2.34. The molecule has 1 aromatic rings. The van der Waals surface area contributed by atoms with Gasteiger partial charge in [-0.1, -0.05) is 43.5 Å². The minimum absolute atomic E-state index is 0.0754. The molecule has 26 heavy (non-hydrogen) atoms. The highest BCUT2D eigenvalue weighted by atomic mass is 32.2. The maximum absolute atomic E-state index is 12.2. The second-order valence-electron chi connectivity index (χ2n) is 5.53. The lowest BCUT2D eigenvalue weighted by Crippen LogP contribution is -2.24. The zero-order chi connectivity index (χ0) is 19.1. The van der Waals surface area contributed by atoms with Gasteiger partial charge in [0.05, 0.1) is 16.3 Å². The van der Waals surface area contributed by atoms with Crippen LogP contribution < -0.4 is 0 Å². The molecule has 6 heteroatoms. The number of allylic oxidation sites excluding steroid dienone is 2. The number of carboxylic acids is 1. The van der Waals surface area contributed by atoms with E-state index in [1.165, 1.54) is 17.8 Å². The molecule has 1 fully saturated rings. The summed E-state index contributed by atoms with van der Waals surface area (Å²) in [5.74, 6) is 0.326. The summed E-state index contributed by atoms with van der Waals surface area (Å²) >= 11 is 1.42. The predicted molar refractivity (Wildman–Crippen MR) is 104 cm³/mol. The van der Waals surface area contributed by atoms with Crippen LogP contribution in [0.15, 0.2) is 66.3 Å². The number of carboxylic acid groups (broad SMARTS) is 1. The molecule has 0 unspecified atom stereocenters. The summed E-state index contributed by atoms with van der Waals surface area (Å²) in [6.45, 7) is 9.97. The van der Waals surface area contributed by atoms with Crippen molar-refractivity contribution in [2.75, 3.05) is 12.4 Å². The summed E-state index contributed by atoms with van der Waals surface area (Å²) in [5, 5.41) is 9.15. The van der Waals surface area contributed by atoms with Gasteiger partial charge in [0.2, 0.25) is 0 Å². The number of ether oxygens (including phenoxy) is 1. The van der Waals surface area contributed by atoms with Crippen molar-refractivity contribution < 1.29 is 19.4 Å². The maximum atomic E-state index is 12.2. The van der Waals surface area contributed by atoms with Gasteiger partial charge in [-0.3, -0.25) is 4.79 Å². The smallest absolute Gasteiger partial charge is 0.335 e. The normalized spacial score (nSPS) is 16.0. The van der Waals surface area contributed by atoms with Crippen LogP contribution in [0.4, 0.5) is 0 Å². The fourth-order valence-corrected chi connectivity index (χ4v) is 3.33. The molecule has 0 saturated carbocycles. The summed E-state index contributed by atoms with van der Waals surface area (Å²) in [7, 11) is 0.